The van der Waals surface area contributed by atoms with Crippen LogP contribution in [0.3, 0.4) is 0 Å². The van der Waals surface area contributed by atoms with Crippen molar-refractivity contribution in [2.24, 2.45) is 5.73 Å². The lowest BCUT2D eigenvalue weighted by Crippen LogP contribution is -2.35. The molecule has 1 amide bonds. The molecular weight excluding hydrogens is 370 g/mol. The van der Waals surface area contributed by atoms with E-state index < -0.39 is 0 Å². The van der Waals surface area contributed by atoms with Crippen molar-refractivity contribution < 1.29 is 4.79 Å². The molecule has 28 heavy (non-hydrogen) atoms. The van der Waals surface area contributed by atoms with Gasteiger partial charge in [-0.2, -0.15) is 0 Å². The third-order valence-electron chi connectivity index (χ3n) is 5.20. The zero-order valence-corrected chi connectivity index (χ0v) is 19.6. The van der Waals surface area contributed by atoms with Crippen LogP contribution in [0, 0.1) is 0 Å². The van der Waals surface area contributed by atoms with Crippen LogP contribution < -0.4 is 16.4 Å². The van der Waals surface area contributed by atoms with E-state index in [4.69, 9.17) is 5.73 Å². The summed E-state index contributed by atoms with van der Waals surface area (Å²) in [6, 6.07) is 0. The minimum Gasteiger partial charge on any atom is -0.355 e. The van der Waals surface area contributed by atoms with Crippen molar-refractivity contribution in [3.05, 3.63) is 0 Å². The molecular formula is C23H50ClN3O. The Bertz CT molecular complexity index is 304. The van der Waals surface area contributed by atoms with E-state index in [1.54, 1.807) is 0 Å². The van der Waals surface area contributed by atoms with Crippen molar-refractivity contribution in [1.29, 1.82) is 0 Å². The lowest BCUT2D eigenvalue weighted by molar-refractivity contribution is -0.120. The molecule has 170 valence electrons. The number of hydrogen-bond donors (Lipinski definition) is 3. The Hall–Kier alpha value is -0.320. The Kier molecular flexibility index (Phi) is 28.5. The van der Waals surface area contributed by atoms with Gasteiger partial charge in [-0.15, -0.1) is 12.4 Å². The van der Waals surface area contributed by atoms with Gasteiger partial charge in [-0.25, -0.2) is 0 Å². The van der Waals surface area contributed by atoms with E-state index in [9.17, 15) is 4.79 Å². The van der Waals surface area contributed by atoms with Crippen LogP contribution >= 0.6 is 12.4 Å². The van der Waals surface area contributed by atoms with Gasteiger partial charge in [0.1, 0.15) is 0 Å². The van der Waals surface area contributed by atoms with Gasteiger partial charge < -0.3 is 16.4 Å². The molecule has 0 atom stereocenters. The summed E-state index contributed by atoms with van der Waals surface area (Å²) in [6.45, 7) is 4.99. The molecule has 4 nitrogen and oxygen atoms in total. The normalized spacial score (nSPS) is 10.6. The number of amides is 1. The van der Waals surface area contributed by atoms with Crippen molar-refractivity contribution in [2.75, 3.05) is 26.2 Å². The first-order chi connectivity index (χ1) is 13.3. The standard InChI is InChI=1S/C23H49N3O.ClH/c1-2-3-4-5-6-7-8-9-10-11-12-13-14-15-16-17-20-25-22-23(27)26-21-18-19-24;/h25H,2-22,24H2,1H3,(H,26,27);1H. The Morgan fingerprint density at radius 1 is 0.643 bits per heavy atom. The molecule has 5 heteroatoms. The van der Waals surface area contributed by atoms with Crippen LogP contribution in [0.4, 0.5) is 0 Å². The molecule has 0 bridgehead atoms. The SMILES string of the molecule is CCCCCCCCCCCCCCCCCCNCC(=O)NCCCN.Cl. The summed E-state index contributed by atoms with van der Waals surface area (Å²) in [5.74, 6) is 0.0833. The van der Waals surface area contributed by atoms with Crippen molar-refractivity contribution in [3.8, 4) is 0 Å². The molecule has 0 spiro atoms. The Morgan fingerprint density at radius 3 is 1.50 bits per heavy atom. The second-order valence-electron chi connectivity index (χ2n) is 7.97. The summed E-state index contributed by atoms with van der Waals surface area (Å²) in [6.07, 6.45) is 23.1. The van der Waals surface area contributed by atoms with Crippen LogP contribution in [-0.4, -0.2) is 32.1 Å². The van der Waals surface area contributed by atoms with Crippen LogP contribution in [0.15, 0.2) is 0 Å². The lowest BCUT2D eigenvalue weighted by Gasteiger charge is -2.06. The molecule has 0 heterocycles. The summed E-state index contributed by atoms with van der Waals surface area (Å²) < 4.78 is 0. The maximum atomic E-state index is 11.5. The molecule has 0 aromatic heterocycles. The molecule has 0 radical (unpaired) electrons. The number of unbranched alkanes of at least 4 members (excludes halogenated alkanes) is 15. The number of carbonyl (C=O) groups is 1. The Labute approximate surface area is 182 Å². The van der Waals surface area contributed by atoms with Crippen LogP contribution in [0.25, 0.3) is 0 Å². The third-order valence-corrected chi connectivity index (χ3v) is 5.20. The van der Waals surface area contributed by atoms with Gasteiger partial charge >= 0.3 is 0 Å². The van der Waals surface area contributed by atoms with Gasteiger partial charge in [0.15, 0.2) is 0 Å². The molecule has 0 saturated carbocycles. The summed E-state index contributed by atoms with van der Waals surface area (Å²) in [5, 5.41) is 6.08. The topological polar surface area (TPSA) is 67.2 Å². The highest BCUT2D eigenvalue weighted by molar-refractivity contribution is 5.85. The van der Waals surface area contributed by atoms with Crippen molar-refractivity contribution in [1.82, 2.24) is 10.6 Å². The fraction of sp³-hybridized carbons (Fsp3) is 0.957. The van der Waals surface area contributed by atoms with Crippen LogP contribution in [0.2, 0.25) is 0 Å². The smallest absolute Gasteiger partial charge is 0.233 e. The van der Waals surface area contributed by atoms with E-state index in [0.717, 1.165) is 13.0 Å². The third kappa shape index (κ3) is 25.7. The molecule has 0 aliphatic rings. The van der Waals surface area contributed by atoms with Gasteiger partial charge in [0.25, 0.3) is 0 Å². The zero-order valence-electron chi connectivity index (χ0n) is 18.7. The summed E-state index contributed by atoms with van der Waals surface area (Å²) in [7, 11) is 0. The fourth-order valence-electron chi connectivity index (χ4n) is 3.39. The lowest BCUT2D eigenvalue weighted by atomic mass is 10.0. The van der Waals surface area contributed by atoms with Gasteiger partial charge in [0.05, 0.1) is 6.54 Å². The molecule has 0 rings (SSSR count). The molecule has 0 fully saturated rings. The maximum absolute atomic E-state index is 11.5. The molecule has 4 N–H and O–H groups in total. The predicted octanol–water partition coefficient (Wildman–Crippen LogP) is 5.72. The molecule has 0 aliphatic carbocycles. The molecule has 0 unspecified atom stereocenters. The second-order valence-corrected chi connectivity index (χ2v) is 7.97. The van der Waals surface area contributed by atoms with Crippen molar-refractivity contribution in [3.63, 3.8) is 0 Å². The number of halogens is 1. The first-order valence-electron chi connectivity index (χ1n) is 12.0. The Balaban J connectivity index is 0. The quantitative estimate of drug-likeness (QED) is 0.196. The van der Waals surface area contributed by atoms with E-state index in [1.807, 2.05) is 0 Å². The fourth-order valence-corrected chi connectivity index (χ4v) is 3.39. The highest BCUT2D eigenvalue weighted by Gasteiger charge is 1.99. The minimum atomic E-state index is 0. The second kappa shape index (κ2) is 26.7. The predicted molar refractivity (Wildman–Crippen MR) is 126 cm³/mol. The highest BCUT2D eigenvalue weighted by atomic mass is 35.5. The number of carbonyl (C=O) groups excluding carboxylic acids is 1. The average molecular weight is 420 g/mol. The largest absolute Gasteiger partial charge is 0.355 e. The van der Waals surface area contributed by atoms with E-state index in [0.29, 0.717) is 19.6 Å². The molecule has 0 saturated heterocycles. The van der Waals surface area contributed by atoms with Gasteiger partial charge in [-0.3, -0.25) is 4.79 Å². The number of nitrogens with one attached hydrogen (secondary N) is 2. The first-order valence-corrected chi connectivity index (χ1v) is 12.0. The average Bonchev–Trinajstić information content (AvgIpc) is 2.67. The molecule has 0 aromatic rings. The summed E-state index contributed by atoms with van der Waals surface area (Å²) in [4.78, 5) is 11.5. The molecule has 0 aromatic carbocycles. The number of hydrogen-bond acceptors (Lipinski definition) is 3. The maximum Gasteiger partial charge on any atom is 0.233 e. The van der Waals surface area contributed by atoms with E-state index in [1.165, 1.54) is 103 Å². The highest BCUT2D eigenvalue weighted by Crippen LogP contribution is 2.13. The van der Waals surface area contributed by atoms with Gasteiger partial charge in [-0.05, 0) is 25.9 Å². The monoisotopic (exact) mass is 419 g/mol. The minimum absolute atomic E-state index is 0. The van der Waals surface area contributed by atoms with Crippen LogP contribution in [0.1, 0.15) is 116 Å². The first kappa shape index (κ1) is 29.9. The van der Waals surface area contributed by atoms with E-state index in [2.05, 4.69) is 17.6 Å². The van der Waals surface area contributed by atoms with Crippen LogP contribution in [0.5, 0.6) is 0 Å². The van der Waals surface area contributed by atoms with Crippen LogP contribution in [-0.2, 0) is 4.79 Å². The Morgan fingerprint density at radius 2 is 1.07 bits per heavy atom. The van der Waals surface area contributed by atoms with Gasteiger partial charge in [0.2, 0.25) is 5.91 Å². The van der Waals surface area contributed by atoms with E-state index >= 15 is 0 Å². The zero-order chi connectivity index (χ0) is 19.8. The summed E-state index contributed by atoms with van der Waals surface area (Å²) >= 11 is 0. The number of rotatable bonds is 22. The number of nitrogens with two attached hydrogens (primary N) is 1. The van der Waals surface area contributed by atoms with Crippen molar-refractivity contribution in [2.45, 2.75) is 116 Å². The summed E-state index contributed by atoms with van der Waals surface area (Å²) in [5.41, 5.74) is 5.40. The van der Waals surface area contributed by atoms with Crippen molar-refractivity contribution >= 4 is 18.3 Å². The molecule has 0 aliphatic heterocycles. The van der Waals surface area contributed by atoms with E-state index in [-0.39, 0.29) is 18.3 Å². The van der Waals surface area contributed by atoms with Gasteiger partial charge in [-0.1, -0.05) is 103 Å². The van der Waals surface area contributed by atoms with Gasteiger partial charge in [0, 0.05) is 6.54 Å².